The zero-order valence-electron chi connectivity index (χ0n) is 10.2. The first-order valence-electron chi connectivity index (χ1n) is 6.54. The predicted molar refractivity (Wildman–Crippen MR) is 64.6 cm³/mol. The fourth-order valence-electron chi connectivity index (χ4n) is 3.34. The number of nitrogens with zero attached hydrogens (tertiary/aromatic N) is 1. The Balaban J connectivity index is 1.74. The SMILES string of the molecule is O=C([C@@H]1CNCC12CCOCC2)N1CC=CC1. The molecule has 1 spiro atoms. The van der Waals surface area contributed by atoms with Crippen molar-refractivity contribution in [2.45, 2.75) is 12.8 Å². The molecule has 4 heteroatoms. The summed E-state index contributed by atoms with van der Waals surface area (Å²) in [6.07, 6.45) is 6.21. The molecule has 3 rings (SSSR count). The second-order valence-corrected chi connectivity index (χ2v) is 5.37. The summed E-state index contributed by atoms with van der Waals surface area (Å²) < 4.78 is 5.44. The second-order valence-electron chi connectivity index (χ2n) is 5.37. The highest BCUT2D eigenvalue weighted by molar-refractivity contribution is 5.81. The van der Waals surface area contributed by atoms with Gasteiger partial charge in [-0.25, -0.2) is 0 Å². The van der Waals surface area contributed by atoms with Crippen molar-refractivity contribution < 1.29 is 9.53 Å². The molecule has 0 bridgehead atoms. The summed E-state index contributed by atoms with van der Waals surface area (Å²) >= 11 is 0. The third-order valence-corrected chi connectivity index (χ3v) is 4.48. The quantitative estimate of drug-likeness (QED) is 0.670. The normalized spacial score (nSPS) is 31.3. The molecule has 2 saturated heterocycles. The number of amides is 1. The third kappa shape index (κ3) is 1.89. The van der Waals surface area contributed by atoms with Crippen molar-refractivity contribution in [3.63, 3.8) is 0 Å². The van der Waals surface area contributed by atoms with E-state index >= 15 is 0 Å². The first-order chi connectivity index (χ1) is 8.32. The smallest absolute Gasteiger partial charge is 0.228 e. The summed E-state index contributed by atoms with van der Waals surface area (Å²) in [5.41, 5.74) is 0.165. The summed E-state index contributed by atoms with van der Waals surface area (Å²) in [5.74, 6) is 0.494. The van der Waals surface area contributed by atoms with Crippen LogP contribution in [0.5, 0.6) is 0 Å². The van der Waals surface area contributed by atoms with E-state index in [1.807, 2.05) is 4.90 Å². The Bertz CT molecular complexity index is 326. The van der Waals surface area contributed by atoms with Gasteiger partial charge in [-0.2, -0.15) is 0 Å². The van der Waals surface area contributed by atoms with Crippen LogP contribution < -0.4 is 5.32 Å². The van der Waals surface area contributed by atoms with Crippen molar-refractivity contribution in [3.8, 4) is 0 Å². The van der Waals surface area contributed by atoms with Gasteiger partial charge < -0.3 is 15.0 Å². The minimum Gasteiger partial charge on any atom is -0.381 e. The molecule has 3 heterocycles. The van der Waals surface area contributed by atoms with E-state index in [1.54, 1.807) is 0 Å². The highest BCUT2D eigenvalue weighted by atomic mass is 16.5. The highest BCUT2D eigenvalue weighted by Gasteiger charge is 2.48. The van der Waals surface area contributed by atoms with E-state index in [0.29, 0.717) is 5.91 Å². The molecule has 0 saturated carbocycles. The molecule has 3 aliphatic heterocycles. The predicted octanol–water partition coefficient (Wildman–Crippen LogP) is 0.401. The molecule has 0 unspecified atom stereocenters. The van der Waals surface area contributed by atoms with Gasteiger partial charge in [0.1, 0.15) is 0 Å². The Labute approximate surface area is 102 Å². The van der Waals surface area contributed by atoms with E-state index in [2.05, 4.69) is 17.5 Å². The first-order valence-corrected chi connectivity index (χ1v) is 6.54. The van der Waals surface area contributed by atoms with Crippen LogP contribution in [0, 0.1) is 11.3 Å². The maximum Gasteiger partial charge on any atom is 0.228 e. The molecule has 2 fully saturated rings. The van der Waals surface area contributed by atoms with E-state index in [9.17, 15) is 4.79 Å². The molecule has 3 aliphatic rings. The molecule has 1 N–H and O–H groups in total. The molecule has 94 valence electrons. The maximum absolute atomic E-state index is 12.5. The van der Waals surface area contributed by atoms with E-state index < -0.39 is 0 Å². The van der Waals surface area contributed by atoms with Gasteiger partial charge in [0.15, 0.2) is 0 Å². The Hall–Kier alpha value is -0.870. The second kappa shape index (κ2) is 4.42. The Morgan fingerprint density at radius 3 is 2.71 bits per heavy atom. The minimum atomic E-state index is 0.159. The molecule has 0 aromatic carbocycles. The molecule has 0 radical (unpaired) electrons. The van der Waals surface area contributed by atoms with E-state index in [0.717, 1.165) is 52.2 Å². The molecule has 0 aromatic heterocycles. The number of ether oxygens (including phenoxy) is 1. The van der Waals surface area contributed by atoms with Crippen molar-refractivity contribution in [3.05, 3.63) is 12.2 Å². The topological polar surface area (TPSA) is 41.6 Å². The summed E-state index contributed by atoms with van der Waals surface area (Å²) in [6, 6.07) is 0. The van der Waals surface area contributed by atoms with Crippen molar-refractivity contribution >= 4 is 5.91 Å². The summed E-state index contributed by atoms with van der Waals surface area (Å²) in [7, 11) is 0. The van der Waals surface area contributed by atoms with Crippen LogP contribution >= 0.6 is 0 Å². The van der Waals surface area contributed by atoms with Crippen molar-refractivity contribution in [2.24, 2.45) is 11.3 Å². The highest BCUT2D eigenvalue weighted by Crippen LogP contribution is 2.41. The number of carbonyl (C=O) groups excluding carboxylic acids is 1. The molecule has 1 atom stereocenters. The number of nitrogens with one attached hydrogen (secondary N) is 1. The fraction of sp³-hybridized carbons (Fsp3) is 0.769. The zero-order chi connectivity index (χ0) is 11.7. The maximum atomic E-state index is 12.5. The minimum absolute atomic E-state index is 0.159. The van der Waals surface area contributed by atoms with Crippen LogP contribution in [0.3, 0.4) is 0 Å². The average molecular weight is 236 g/mol. The Kier molecular flexibility index (Phi) is 2.92. The summed E-state index contributed by atoms with van der Waals surface area (Å²) in [5, 5.41) is 3.41. The van der Waals surface area contributed by atoms with Gasteiger partial charge >= 0.3 is 0 Å². The molecular weight excluding hydrogens is 216 g/mol. The van der Waals surface area contributed by atoms with Crippen LogP contribution in [0.2, 0.25) is 0 Å². The monoisotopic (exact) mass is 236 g/mol. The van der Waals surface area contributed by atoms with Gasteiger partial charge in [-0.05, 0) is 18.3 Å². The Morgan fingerprint density at radius 2 is 2.00 bits per heavy atom. The molecule has 1 amide bonds. The molecular formula is C13H20N2O2. The van der Waals surface area contributed by atoms with Gasteiger partial charge in [-0.1, -0.05) is 12.2 Å². The number of rotatable bonds is 1. The molecule has 17 heavy (non-hydrogen) atoms. The van der Waals surface area contributed by atoms with Crippen LogP contribution in [0.1, 0.15) is 12.8 Å². The lowest BCUT2D eigenvalue weighted by atomic mass is 9.71. The van der Waals surface area contributed by atoms with Gasteiger partial charge in [0.05, 0.1) is 5.92 Å². The van der Waals surface area contributed by atoms with Crippen molar-refractivity contribution in [2.75, 3.05) is 39.4 Å². The molecule has 4 nitrogen and oxygen atoms in total. The van der Waals surface area contributed by atoms with Gasteiger partial charge in [0, 0.05) is 39.4 Å². The summed E-state index contributed by atoms with van der Waals surface area (Å²) in [6.45, 7) is 5.03. The van der Waals surface area contributed by atoms with Gasteiger partial charge in [-0.3, -0.25) is 4.79 Å². The Morgan fingerprint density at radius 1 is 1.29 bits per heavy atom. The number of hydrogen-bond donors (Lipinski definition) is 1. The number of carbonyl (C=O) groups is 1. The zero-order valence-corrected chi connectivity index (χ0v) is 10.2. The van der Waals surface area contributed by atoms with E-state index in [4.69, 9.17) is 4.74 Å². The van der Waals surface area contributed by atoms with Crippen molar-refractivity contribution in [1.29, 1.82) is 0 Å². The van der Waals surface area contributed by atoms with Crippen LogP contribution in [0.4, 0.5) is 0 Å². The first kappa shape index (κ1) is 11.2. The lowest BCUT2D eigenvalue weighted by molar-refractivity contribution is -0.139. The summed E-state index contributed by atoms with van der Waals surface area (Å²) in [4.78, 5) is 14.5. The van der Waals surface area contributed by atoms with E-state index in [-0.39, 0.29) is 11.3 Å². The van der Waals surface area contributed by atoms with Crippen molar-refractivity contribution in [1.82, 2.24) is 10.2 Å². The third-order valence-electron chi connectivity index (χ3n) is 4.48. The lowest BCUT2D eigenvalue weighted by Gasteiger charge is -2.38. The molecule has 0 aromatic rings. The van der Waals surface area contributed by atoms with Crippen LogP contribution in [0.25, 0.3) is 0 Å². The largest absolute Gasteiger partial charge is 0.381 e. The van der Waals surface area contributed by atoms with Crippen LogP contribution in [-0.2, 0) is 9.53 Å². The van der Waals surface area contributed by atoms with Gasteiger partial charge in [0.25, 0.3) is 0 Å². The van der Waals surface area contributed by atoms with Crippen LogP contribution in [-0.4, -0.2) is 50.2 Å². The lowest BCUT2D eigenvalue weighted by Crippen LogP contribution is -2.45. The molecule has 0 aliphatic carbocycles. The van der Waals surface area contributed by atoms with Gasteiger partial charge in [-0.15, -0.1) is 0 Å². The standard InChI is InChI=1S/C13H20N2O2/c16-12(15-5-1-2-6-15)11-9-14-10-13(11)3-7-17-8-4-13/h1-2,11,14H,3-10H2/t11-/m0/s1. The fourth-order valence-corrected chi connectivity index (χ4v) is 3.34. The van der Waals surface area contributed by atoms with Gasteiger partial charge in [0.2, 0.25) is 5.91 Å². The average Bonchev–Trinajstić information content (AvgIpc) is 2.99. The number of hydrogen-bond acceptors (Lipinski definition) is 3. The van der Waals surface area contributed by atoms with Crippen LogP contribution in [0.15, 0.2) is 12.2 Å². The van der Waals surface area contributed by atoms with E-state index in [1.165, 1.54) is 0 Å².